The van der Waals surface area contributed by atoms with Crippen LogP contribution in [-0.4, -0.2) is 44.6 Å². The lowest BCUT2D eigenvalue weighted by molar-refractivity contribution is 0.0916. The minimum absolute atomic E-state index is 0.292. The highest BCUT2D eigenvalue weighted by atomic mass is 16.3. The summed E-state index contributed by atoms with van der Waals surface area (Å²) in [5.41, 5.74) is 2.86. The minimum Gasteiger partial charge on any atom is -0.393 e. The van der Waals surface area contributed by atoms with Gasteiger partial charge in [0.2, 0.25) is 0 Å². The van der Waals surface area contributed by atoms with Gasteiger partial charge in [0.15, 0.2) is 0 Å². The molecular weight excluding hydrogens is 290 g/mol. The topological polar surface area (TPSA) is 61.5 Å². The van der Waals surface area contributed by atoms with Crippen molar-refractivity contribution in [2.75, 3.05) is 19.7 Å². The quantitative estimate of drug-likeness (QED) is 0.884. The van der Waals surface area contributed by atoms with E-state index in [1.165, 1.54) is 5.56 Å². The van der Waals surface area contributed by atoms with Crippen molar-refractivity contribution in [3.63, 3.8) is 0 Å². The van der Waals surface area contributed by atoms with Gasteiger partial charge in [-0.2, -0.15) is 5.10 Å². The number of hydrogen-bond donors (Lipinski definition) is 2. The molecule has 0 saturated heterocycles. The van der Waals surface area contributed by atoms with Crippen LogP contribution in [0.3, 0.4) is 0 Å². The second-order valence-electron chi connectivity index (χ2n) is 5.88. The predicted octanol–water partition coefficient (Wildman–Crippen LogP) is 1.83. The maximum Gasteiger partial charge on any atom is 0.121 e. The Labute approximate surface area is 136 Å². The van der Waals surface area contributed by atoms with E-state index in [4.69, 9.17) is 5.11 Å². The van der Waals surface area contributed by atoms with Gasteiger partial charge in [0.1, 0.15) is 6.10 Å². The lowest BCUT2D eigenvalue weighted by atomic mass is 10.2. The fraction of sp³-hybridized carbons (Fsp3) is 0.389. The molecule has 0 amide bonds. The predicted molar refractivity (Wildman–Crippen MR) is 89.6 cm³/mol. The molecule has 23 heavy (non-hydrogen) atoms. The molecule has 5 nitrogen and oxygen atoms in total. The molecule has 0 unspecified atom stereocenters. The van der Waals surface area contributed by atoms with Gasteiger partial charge in [-0.05, 0) is 18.1 Å². The molecule has 2 N–H and O–H groups in total. The van der Waals surface area contributed by atoms with Gasteiger partial charge < -0.3 is 10.2 Å². The van der Waals surface area contributed by atoms with Crippen LogP contribution in [0.5, 0.6) is 0 Å². The molecule has 0 bridgehead atoms. The van der Waals surface area contributed by atoms with Crippen LogP contribution in [-0.2, 0) is 13.1 Å². The second-order valence-corrected chi connectivity index (χ2v) is 5.88. The first-order valence-electron chi connectivity index (χ1n) is 8.06. The van der Waals surface area contributed by atoms with Crippen molar-refractivity contribution in [1.82, 2.24) is 14.7 Å². The van der Waals surface area contributed by atoms with Gasteiger partial charge in [0, 0.05) is 26.2 Å². The molecule has 2 aromatic rings. The average molecular weight is 313 g/mol. The Balaban J connectivity index is 1.64. The van der Waals surface area contributed by atoms with Crippen molar-refractivity contribution in [2.45, 2.75) is 25.6 Å². The van der Waals surface area contributed by atoms with Crippen molar-refractivity contribution in [3.05, 3.63) is 59.4 Å². The van der Waals surface area contributed by atoms with Gasteiger partial charge in [-0.25, -0.2) is 0 Å². The number of aromatic nitrogens is 2. The van der Waals surface area contributed by atoms with Crippen molar-refractivity contribution >= 4 is 6.08 Å². The normalized spacial score (nSPS) is 17.1. The number of fused-ring (bicyclic) bond motifs is 1. The van der Waals surface area contributed by atoms with E-state index in [1.807, 2.05) is 28.9 Å². The van der Waals surface area contributed by atoms with E-state index in [1.54, 1.807) is 0 Å². The summed E-state index contributed by atoms with van der Waals surface area (Å²) < 4.78 is 1.95. The van der Waals surface area contributed by atoms with Gasteiger partial charge in [0.05, 0.1) is 18.0 Å². The van der Waals surface area contributed by atoms with Crippen LogP contribution in [0.15, 0.2) is 42.5 Å². The fourth-order valence-corrected chi connectivity index (χ4v) is 2.87. The third-order valence-corrected chi connectivity index (χ3v) is 4.10. The number of aryl methyl sites for hydroxylation is 1. The molecule has 0 saturated carbocycles. The molecular formula is C18H23N3O2. The minimum atomic E-state index is -0.888. The first kappa shape index (κ1) is 15.9. The van der Waals surface area contributed by atoms with E-state index in [9.17, 15) is 5.11 Å². The van der Waals surface area contributed by atoms with Gasteiger partial charge >= 0.3 is 0 Å². The molecule has 0 spiro atoms. The number of aliphatic hydroxyl groups is 2. The third kappa shape index (κ3) is 4.07. The Kier molecular flexibility index (Phi) is 5.23. The largest absolute Gasteiger partial charge is 0.393 e. The first-order valence-corrected chi connectivity index (χ1v) is 8.06. The van der Waals surface area contributed by atoms with Crippen LogP contribution in [0.25, 0.3) is 6.08 Å². The van der Waals surface area contributed by atoms with E-state index < -0.39 is 6.10 Å². The number of hydrogen-bond acceptors (Lipinski definition) is 4. The Morgan fingerprint density at radius 1 is 1.22 bits per heavy atom. The molecule has 1 atom stereocenters. The molecule has 2 heterocycles. The number of aliphatic hydroxyl groups excluding tert-OH is 2. The lowest BCUT2D eigenvalue weighted by Crippen LogP contribution is -2.23. The van der Waals surface area contributed by atoms with E-state index >= 15 is 0 Å². The second kappa shape index (κ2) is 7.55. The molecule has 3 rings (SSSR count). The molecule has 1 aromatic heterocycles. The van der Waals surface area contributed by atoms with Crippen LogP contribution in [0.4, 0.5) is 0 Å². The number of nitrogens with zero attached hydrogens (tertiary/aromatic N) is 3. The van der Waals surface area contributed by atoms with Crippen molar-refractivity contribution in [2.24, 2.45) is 0 Å². The van der Waals surface area contributed by atoms with E-state index in [0.29, 0.717) is 5.69 Å². The molecule has 5 heteroatoms. The summed E-state index contributed by atoms with van der Waals surface area (Å²) >= 11 is 0. The Morgan fingerprint density at radius 2 is 2.04 bits per heavy atom. The highest BCUT2D eigenvalue weighted by Crippen LogP contribution is 2.18. The molecule has 1 aliphatic rings. The molecule has 0 radical (unpaired) electrons. The van der Waals surface area contributed by atoms with E-state index in [-0.39, 0.29) is 6.61 Å². The van der Waals surface area contributed by atoms with E-state index in [2.05, 4.69) is 34.3 Å². The van der Waals surface area contributed by atoms with Crippen LogP contribution >= 0.6 is 0 Å². The van der Waals surface area contributed by atoms with Gasteiger partial charge in [0.25, 0.3) is 0 Å². The molecule has 0 fully saturated rings. The highest BCUT2D eigenvalue weighted by Gasteiger charge is 2.18. The zero-order valence-corrected chi connectivity index (χ0v) is 13.2. The van der Waals surface area contributed by atoms with Gasteiger partial charge in [-0.1, -0.05) is 42.5 Å². The fourth-order valence-electron chi connectivity index (χ4n) is 2.87. The first-order chi connectivity index (χ1) is 11.3. The monoisotopic (exact) mass is 313 g/mol. The summed E-state index contributed by atoms with van der Waals surface area (Å²) in [6, 6.07) is 12.2. The van der Waals surface area contributed by atoms with Crippen LogP contribution in [0.1, 0.15) is 29.5 Å². The molecule has 1 aliphatic heterocycles. The molecule has 0 aliphatic carbocycles. The number of benzene rings is 1. The maximum atomic E-state index is 9.73. The smallest absolute Gasteiger partial charge is 0.121 e. The summed E-state index contributed by atoms with van der Waals surface area (Å²) in [5, 5.41) is 23.2. The van der Waals surface area contributed by atoms with Gasteiger partial charge in [-0.15, -0.1) is 0 Å². The maximum absolute atomic E-state index is 9.73. The van der Waals surface area contributed by atoms with Crippen LogP contribution < -0.4 is 0 Å². The zero-order valence-electron chi connectivity index (χ0n) is 13.2. The Hall–Kier alpha value is -1.95. The summed E-state index contributed by atoms with van der Waals surface area (Å²) in [7, 11) is 0. The highest BCUT2D eigenvalue weighted by molar-refractivity contribution is 5.48. The zero-order chi connectivity index (χ0) is 16.1. The van der Waals surface area contributed by atoms with Gasteiger partial charge in [-0.3, -0.25) is 9.58 Å². The lowest BCUT2D eigenvalue weighted by Gasteiger charge is -2.17. The van der Waals surface area contributed by atoms with Crippen molar-refractivity contribution in [3.8, 4) is 0 Å². The molecule has 1 aromatic carbocycles. The van der Waals surface area contributed by atoms with Crippen molar-refractivity contribution < 1.29 is 10.2 Å². The van der Waals surface area contributed by atoms with E-state index in [0.717, 1.165) is 38.3 Å². The van der Waals surface area contributed by atoms with Crippen molar-refractivity contribution in [1.29, 1.82) is 0 Å². The standard InChI is InChI=1S/C18H23N3O2/c22-14-18(23)17-12-16-13-20(10-5-11-21(16)19-17)9-4-8-15-6-2-1-3-7-15/h1-4,6-8,12,18,22-23H,5,9-11,13-14H2/b8-4+/t18-/m0/s1. The van der Waals surface area contributed by atoms with Crippen LogP contribution in [0, 0.1) is 0 Å². The summed E-state index contributed by atoms with van der Waals surface area (Å²) in [6.45, 7) is 3.29. The summed E-state index contributed by atoms with van der Waals surface area (Å²) in [5.74, 6) is 0. The SMILES string of the molecule is OC[C@H](O)c1cc2n(n1)CCCN(C/C=C/c1ccccc1)C2. The third-order valence-electron chi connectivity index (χ3n) is 4.10. The summed E-state index contributed by atoms with van der Waals surface area (Å²) in [4.78, 5) is 2.37. The Morgan fingerprint density at radius 3 is 2.83 bits per heavy atom. The average Bonchev–Trinajstić information content (AvgIpc) is 2.88. The van der Waals surface area contributed by atoms with Crippen LogP contribution in [0.2, 0.25) is 0 Å². The molecule has 122 valence electrons. The Bertz CT molecular complexity index is 652. The number of rotatable bonds is 5. The summed E-state index contributed by atoms with van der Waals surface area (Å²) in [6.07, 6.45) is 4.47.